The molecule has 0 bridgehead atoms. The summed E-state index contributed by atoms with van der Waals surface area (Å²) in [7, 11) is 0. The summed E-state index contributed by atoms with van der Waals surface area (Å²) in [4.78, 5) is 15.2. The first-order chi connectivity index (χ1) is 8.63. The predicted molar refractivity (Wildman–Crippen MR) is 73.0 cm³/mol. The maximum atomic E-state index is 12.1. The van der Waals surface area contributed by atoms with Crippen molar-refractivity contribution in [1.82, 2.24) is 10.3 Å². The van der Waals surface area contributed by atoms with Gasteiger partial charge in [0.25, 0.3) is 5.91 Å². The van der Waals surface area contributed by atoms with Crippen molar-refractivity contribution >= 4 is 28.4 Å². The number of H-pyrrole nitrogens is 1. The number of amides is 1. The molecule has 1 aromatic heterocycles. The minimum absolute atomic E-state index is 0.0401. The van der Waals surface area contributed by atoms with Gasteiger partial charge in [-0.25, -0.2) is 0 Å². The normalized spacial score (nSPS) is 16.8. The largest absolute Gasteiger partial charge is 0.351 e. The molecule has 1 saturated carbocycles. The Kier molecular flexibility index (Phi) is 2.78. The van der Waals surface area contributed by atoms with E-state index in [-0.39, 0.29) is 11.9 Å². The smallest absolute Gasteiger partial charge is 0.267 e. The molecule has 1 amide bonds. The summed E-state index contributed by atoms with van der Waals surface area (Å²) >= 11 is 5.93. The number of carbonyl (C=O) groups excluding carboxylic acids is 1. The molecular formula is C14H15ClN2O. The second-order valence-electron chi connectivity index (χ2n) is 5.01. The van der Waals surface area contributed by atoms with Crippen LogP contribution >= 0.6 is 11.6 Å². The number of halogens is 1. The molecule has 4 heteroatoms. The van der Waals surface area contributed by atoms with E-state index in [1.54, 1.807) is 0 Å². The fourth-order valence-corrected chi connectivity index (χ4v) is 2.40. The number of hydrogen-bond acceptors (Lipinski definition) is 1. The van der Waals surface area contributed by atoms with Gasteiger partial charge in [-0.15, -0.1) is 0 Å². The Hall–Kier alpha value is -1.48. The second kappa shape index (κ2) is 4.32. The summed E-state index contributed by atoms with van der Waals surface area (Å²) in [6.07, 6.45) is 2.45. The molecule has 1 aliphatic rings. The van der Waals surface area contributed by atoms with Crippen LogP contribution < -0.4 is 5.32 Å². The Bertz CT molecular complexity index is 601. The summed E-state index contributed by atoms with van der Waals surface area (Å²) in [5.74, 6) is 0.620. The van der Waals surface area contributed by atoms with Gasteiger partial charge in [0.05, 0.1) is 0 Å². The number of aromatic amines is 1. The molecule has 1 fully saturated rings. The lowest BCUT2D eigenvalue weighted by Crippen LogP contribution is -2.34. The van der Waals surface area contributed by atoms with Gasteiger partial charge in [-0.1, -0.05) is 11.6 Å². The molecule has 2 aromatic rings. The Morgan fingerprint density at radius 3 is 2.94 bits per heavy atom. The van der Waals surface area contributed by atoms with Crippen molar-refractivity contribution in [1.29, 1.82) is 0 Å². The third-order valence-corrected chi connectivity index (χ3v) is 3.75. The van der Waals surface area contributed by atoms with Crippen molar-refractivity contribution in [3.05, 3.63) is 35.0 Å². The minimum Gasteiger partial charge on any atom is -0.351 e. The maximum Gasteiger partial charge on any atom is 0.267 e. The molecule has 1 aromatic carbocycles. The molecule has 3 nitrogen and oxygen atoms in total. The average molecular weight is 263 g/mol. The second-order valence-corrected chi connectivity index (χ2v) is 5.45. The van der Waals surface area contributed by atoms with Gasteiger partial charge < -0.3 is 10.3 Å². The number of fused-ring (bicyclic) bond motifs is 1. The number of rotatable bonds is 3. The Morgan fingerprint density at radius 1 is 1.44 bits per heavy atom. The average Bonchev–Trinajstić information content (AvgIpc) is 3.09. The van der Waals surface area contributed by atoms with Crippen molar-refractivity contribution in [3.63, 3.8) is 0 Å². The predicted octanol–water partition coefficient (Wildman–Crippen LogP) is 3.35. The highest BCUT2D eigenvalue weighted by molar-refractivity contribution is 6.31. The minimum atomic E-state index is -0.0401. The zero-order valence-electron chi connectivity index (χ0n) is 10.2. The van der Waals surface area contributed by atoms with E-state index in [9.17, 15) is 4.79 Å². The fraction of sp³-hybridized carbons (Fsp3) is 0.357. The lowest BCUT2D eigenvalue weighted by molar-refractivity contribution is 0.0931. The zero-order valence-corrected chi connectivity index (χ0v) is 10.9. The molecular weight excluding hydrogens is 248 g/mol. The molecule has 2 N–H and O–H groups in total. The monoisotopic (exact) mass is 262 g/mol. The SMILES string of the molecule is CC(NC(=O)c1cc2cc(Cl)ccc2[nH]1)C1CC1. The van der Waals surface area contributed by atoms with Crippen LogP contribution in [0.5, 0.6) is 0 Å². The number of carbonyl (C=O) groups is 1. The van der Waals surface area contributed by atoms with Crippen LogP contribution in [0.3, 0.4) is 0 Å². The Balaban J connectivity index is 1.82. The van der Waals surface area contributed by atoms with Crippen molar-refractivity contribution in [2.45, 2.75) is 25.8 Å². The lowest BCUT2D eigenvalue weighted by atomic mass is 10.2. The summed E-state index contributed by atoms with van der Waals surface area (Å²) in [5.41, 5.74) is 1.53. The first-order valence-corrected chi connectivity index (χ1v) is 6.60. The molecule has 0 spiro atoms. The van der Waals surface area contributed by atoms with Crippen LogP contribution in [0, 0.1) is 5.92 Å². The fourth-order valence-electron chi connectivity index (χ4n) is 2.22. The standard InChI is InChI=1S/C14H15ClN2O/c1-8(9-2-3-9)16-14(18)13-7-10-6-11(15)4-5-12(10)17-13/h4-9,17H,2-3H2,1H3,(H,16,18). The van der Waals surface area contributed by atoms with Gasteiger partial charge in [-0.05, 0) is 49.9 Å². The van der Waals surface area contributed by atoms with Gasteiger partial charge in [0.15, 0.2) is 0 Å². The third kappa shape index (κ3) is 2.23. The van der Waals surface area contributed by atoms with Gasteiger partial charge in [0.1, 0.15) is 5.69 Å². The molecule has 1 heterocycles. The van der Waals surface area contributed by atoms with Gasteiger partial charge in [-0.3, -0.25) is 4.79 Å². The maximum absolute atomic E-state index is 12.1. The number of nitrogens with one attached hydrogen (secondary N) is 2. The van der Waals surface area contributed by atoms with Gasteiger partial charge >= 0.3 is 0 Å². The zero-order chi connectivity index (χ0) is 12.7. The van der Waals surface area contributed by atoms with E-state index in [2.05, 4.69) is 17.2 Å². The quantitative estimate of drug-likeness (QED) is 0.875. The molecule has 3 rings (SSSR count). The highest BCUT2D eigenvalue weighted by Gasteiger charge is 2.29. The summed E-state index contributed by atoms with van der Waals surface area (Å²) in [6, 6.07) is 7.66. The number of benzene rings is 1. The van der Waals surface area contributed by atoms with E-state index < -0.39 is 0 Å². The third-order valence-electron chi connectivity index (χ3n) is 3.52. The van der Waals surface area contributed by atoms with Crippen LogP contribution in [0.1, 0.15) is 30.3 Å². The van der Waals surface area contributed by atoms with Crippen LogP contribution in [0.15, 0.2) is 24.3 Å². The van der Waals surface area contributed by atoms with Crippen LogP contribution in [-0.4, -0.2) is 16.9 Å². The first kappa shape index (κ1) is 11.6. The molecule has 0 aliphatic heterocycles. The molecule has 18 heavy (non-hydrogen) atoms. The first-order valence-electron chi connectivity index (χ1n) is 6.22. The van der Waals surface area contributed by atoms with E-state index in [1.807, 2.05) is 24.3 Å². The number of hydrogen-bond donors (Lipinski definition) is 2. The molecule has 94 valence electrons. The van der Waals surface area contributed by atoms with E-state index in [4.69, 9.17) is 11.6 Å². The highest BCUT2D eigenvalue weighted by atomic mass is 35.5. The number of aromatic nitrogens is 1. The van der Waals surface area contributed by atoms with Gasteiger partial charge in [-0.2, -0.15) is 0 Å². The molecule has 0 saturated heterocycles. The summed E-state index contributed by atoms with van der Waals surface area (Å²) in [5, 5.41) is 4.68. The van der Waals surface area contributed by atoms with E-state index in [1.165, 1.54) is 12.8 Å². The van der Waals surface area contributed by atoms with E-state index >= 15 is 0 Å². The van der Waals surface area contributed by atoms with Crippen molar-refractivity contribution < 1.29 is 4.79 Å². The van der Waals surface area contributed by atoms with Crippen LogP contribution in [-0.2, 0) is 0 Å². The lowest BCUT2D eigenvalue weighted by Gasteiger charge is -2.11. The Labute approximate surface area is 111 Å². The van der Waals surface area contributed by atoms with Crippen molar-refractivity contribution in [3.8, 4) is 0 Å². The summed E-state index contributed by atoms with van der Waals surface area (Å²) in [6.45, 7) is 2.06. The van der Waals surface area contributed by atoms with Crippen LogP contribution in [0.25, 0.3) is 10.9 Å². The molecule has 0 radical (unpaired) electrons. The molecule has 1 aliphatic carbocycles. The molecule has 1 atom stereocenters. The summed E-state index contributed by atoms with van der Waals surface area (Å²) < 4.78 is 0. The molecule has 1 unspecified atom stereocenters. The van der Waals surface area contributed by atoms with E-state index in [0.717, 1.165) is 10.9 Å². The van der Waals surface area contributed by atoms with Crippen molar-refractivity contribution in [2.24, 2.45) is 5.92 Å². The van der Waals surface area contributed by atoms with Crippen molar-refractivity contribution in [2.75, 3.05) is 0 Å². The van der Waals surface area contributed by atoms with Gasteiger partial charge in [0, 0.05) is 22.0 Å². The Morgan fingerprint density at radius 2 is 2.22 bits per heavy atom. The van der Waals surface area contributed by atoms with E-state index in [0.29, 0.717) is 16.6 Å². The highest BCUT2D eigenvalue weighted by Crippen LogP contribution is 2.32. The topological polar surface area (TPSA) is 44.9 Å². The van der Waals surface area contributed by atoms with Gasteiger partial charge in [0.2, 0.25) is 0 Å². The van der Waals surface area contributed by atoms with Crippen LogP contribution in [0.2, 0.25) is 5.02 Å². The van der Waals surface area contributed by atoms with Crippen LogP contribution in [0.4, 0.5) is 0 Å².